The van der Waals surface area contributed by atoms with Gasteiger partial charge in [0.05, 0.1) is 19.2 Å². The Hall–Kier alpha value is -2.64. The fraction of sp³-hybridized carbons (Fsp3) is 0.438. The highest BCUT2D eigenvalue weighted by Gasteiger charge is 2.22. The largest absolute Gasteiger partial charge is 0.493 e. The molecule has 1 aliphatic heterocycles. The van der Waals surface area contributed by atoms with Gasteiger partial charge in [0.25, 0.3) is 0 Å². The number of halogens is 1. The summed E-state index contributed by atoms with van der Waals surface area (Å²) in [5.74, 6) is 0.147. The highest BCUT2D eigenvalue weighted by molar-refractivity contribution is 5.74. The number of nitrogens with one attached hydrogen (secondary N) is 2. The second kappa shape index (κ2) is 7.29. The molecule has 0 fully saturated rings. The third-order valence-electron chi connectivity index (χ3n) is 3.86. The minimum absolute atomic E-state index is 0.110. The van der Waals surface area contributed by atoms with Crippen molar-refractivity contribution < 1.29 is 13.9 Å². The second-order valence-corrected chi connectivity index (χ2v) is 5.86. The number of hydrogen-bond donors (Lipinski definition) is 2. The average molecular weight is 333 g/mol. The lowest BCUT2D eigenvalue weighted by Crippen LogP contribution is -2.43. The number of carbonyl (C=O) groups excluding carboxylic acids is 1. The van der Waals surface area contributed by atoms with E-state index < -0.39 is 0 Å². The third-order valence-corrected chi connectivity index (χ3v) is 3.86. The molecular weight excluding hydrogens is 313 g/mol. The Balaban J connectivity index is 1.61. The molecule has 2 heterocycles. The zero-order chi connectivity index (χ0) is 16.9. The summed E-state index contributed by atoms with van der Waals surface area (Å²) in [6.07, 6.45) is 4.58. The quantitative estimate of drug-likeness (QED) is 0.897. The zero-order valence-electron chi connectivity index (χ0n) is 13.4. The Morgan fingerprint density at radius 2 is 2.42 bits per heavy atom. The number of aromatic nitrogens is 3. The van der Waals surface area contributed by atoms with Crippen LogP contribution in [0, 0.1) is 5.82 Å². The molecule has 0 saturated heterocycles. The maximum Gasteiger partial charge on any atom is 0.315 e. The molecule has 3 rings (SSSR count). The van der Waals surface area contributed by atoms with E-state index in [2.05, 4.69) is 20.7 Å². The second-order valence-electron chi connectivity index (χ2n) is 5.86. The van der Waals surface area contributed by atoms with Gasteiger partial charge in [0.1, 0.15) is 24.2 Å². The number of benzene rings is 1. The highest BCUT2D eigenvalue weighted by Crippen LogP contribution is 2.31. The molecule has 1 aromatic heterocycles. The standard InChI is InChI=1S/C16H20FN5O2/c1-11(8-22-10-18-9-19-22)20-16(23)21-14-3-2-6-24-15-7-12(17)4-5-13(14)15/h4-5,7,9-11,14H,2-3,6,8H2,1H3,(H2,20,21,23)/t11-,14+/m1/s1. The van der Waals surface area contributed by atoms with E-state index in [1.54, 1.807) is 17.1 Å². The highest BCUT2D eigenvalue weighted by atomic mass is 19.1. The third kappa shape index (κ3) is 4.01. The predicted octanol–water partition coefficient (Wildman–Crippen LogP) is 2.02. The van der Waals surface area contributed by atoms with Crippen molar-refractivity contribution in [2.75, 3.05) is 6.61 Å². The lowest BCUT2D eigenvalue weighted by molar-refractivity contribution is 0.231. The monoisotopic (exact) mass is 333 g/mol. The smallest absolute Gasteiger partial charge is 0.315 e. The summed E-state index contributed by atoms with van der Waals surface area (Å²) in [5, 5.41) is 9.83. The van der Waals surface area contributed by atoms with Gasteiger partial charge in [0.2, 0.25) is 0 Å². The zero-order valence-corrected chi connectivity index (χ0v) is 13.4. The van der Waals surface area contributed by atoms with Crippen LogP contribution in [0.25, 0.3) is 0 Å². The van der Waals surface area contributed by atoms with E-state index in [0.29, 0.717) is 18.9 Å². The van der Waals surface area contributed by atoms with Gasteiger partial charge < -0.3 is 15.4 Å². The maximum atomic E-state index is 13.4. The molecule has 2 amide bonds. The normalized spacial score (nSPS) is 18.0. The molecule has 24 heavy (non-hydrogen) atoms. The number of urea groups is 1. The number of rotatable bonds is 4. The van der Waals surface area contributed by atoms with E-state index in [4.69, 9.17) is 4.74 Å². The van der Waals surface area contributed by atoms with Crippen molar-refractivity contribution in [2.45, 2.75) is 38.4 Å². The molecule has 0 radical (unpaired) electrons. The van der Waals surface area contributed by atoms with Gasteiger partial charge >= 0.3 is 6.03 Å². The summed E-state index contributed by atoms with van der Waals surface area (Å²) >= 11 is 0. The lowest BCUT2D eigenvalue weighted by atomic mass is 10.0. The van der Waals surface area contributed by atoms with Crippen molar-refractivity contribution in [1.82, 2.24) is 25.4 Å². The van der Waals surface area contributed by atoms with Gasteiger partial charge in [-0.3, -0.25) is 4.68 Å². The topological polar surface area (TPSA) is 81.1 Å². The van der Waals surface area contributed by atoms with Crippen molar-refractivity contribution in [1.29, 1.82) is 0 Å². The minimum Gasteiger partial charge on any atom is -0.493 e. The first kappa shape index (κ1) is 16.2. The van der Waals surface area contributed by atoms with Gasteiger partial charge in [0.15, 0.2) is 0 Å². The van der Waals surface area contributed by atoms with Crippen LogP contribution in [0.5, 0.6) is 5.75 Å². The Morgan fingerprint density at radius 3 is 3.21 bits per heavy atom. The molecule has 7 nitrogen and oxygen atoms in total. The van der Waals surface area contributed by atoms with Crippen molar-refractivity contribution in [2.24, 2.45) is 0 Å². The molecule has 0 spiro atoms. The first-order valence-corrected chi connectivity index (χ1v) is 7.93. The van der Waals surface area contributed by atoms with Crippen molar-refractivity contribution in [3.8, 4) is 5.75 Å². The summed E-state index contributed by atoms with van der Waals surface area (Å²) in [5.41, 5.74) is 0.799. The van der Waals surface area contributed by atoms with Crippen LogP contribution in [-0.4, -0.2) is 33.4 Å². The average Bonchev–Trinajstić information content (AvgIpc) is 2.95. The van der Waals surface area contributed by atoms with Crippen LogP contribution < -0.4 is 15.4 Å². The van der Waals surface area contributed by atoms with E-state index in [-0.39, 0.29) is 23.9 Å². The number of hydrogen-bond acceptors (Lipinski definition) is 4. The molecule has 0 bridgehead atoms. The van der Waals surface area contributed by atoms with Gasteiger partial charge in [0, 0.05) is 17.7 Å². The van der Waals surface area contributed by atoms with E-state index in [9.17, 15) is 9.18 Å². The van der Waals surface area contributed by atoms with Crippen LogP contribution >= 0.6 is 0 Å². The molecule has 2 N–H and O–H groups in total. The van der Waals surface area contributed by atoms with Crippen LogP contribution in [0.15, 0.2) is 30.9 Å². The minimum atomic E-state index is -0.347. The van der Waals surface area contributed by atoms with Gasteiger partial charge in [-0.2, -0.15) is 5.10 Å². The first-order chi connectivity index (χ1) is 11.6. The van der Waals surface area contributed by atoms with Crippen molar-refractivity contribution in [3.63, 3.8) is 0 Å². The lowest BCUT2D eigenvalue weighted by Gasteiger charge is -2.21. The predicted molar refractivity (Wildman–Crippen MR) is 85.0 cm³/mol. The van der Waals surface area contributed by atoms with Gasteiger partial charge in [-0.1, -0.05) is 6.07 Å². The molecule has 128 valence electrons. The Kier molecular flexibility index (Phi) is 4.93. The van der Waals surface area contributed by atoms with E-state index in [0.717, 1.165) is 18.4 Å². The Morgan fingerprint density at radius 1 is 1.54 bits per heavy atom. The molecule has 8 heteroatoms. The van der Waals surface area contributed by atoms with E-state index in [1.807, 2.05) is 6.92 Å². The molecule has 2 atom stereocenters. The Bertz CT molecular complexity index is 692. The van der Waals surface area contributed by atoms with Crippen LogP contribution in [-0.2, 0) is 6.54 Å². The van der Waals surface area contributed by atoms with Gasteiger partial charge in [-0.05, 0) is 25.8 Å². The summed E-state index contributed by atoms with van der Waals surface area (Å²) < 4.78 is 20.6. The summed E-state index contributed by atoms with van der Waals surface area (Å²) in [7, 11) is 0. The number of ether oxygens (including phenoxy) is 1. The SMILES string of the molecule is C[C@H](Cn1cncn1)NC(=O)N[C@H]1CCCOc2cc(F)ccc21. The molecule has 0 aliphatic carbocycles. The molecule has 1 aliphatic rings. The maximum absolute atomic E-state index is 13.4. The summed E-state index contributed by atoms with van der Waals surface area (Å²) in [6.45, 7) is 2.93. The van der Waals surface area contributed by atoms with Crippen LogP contribution in [0.2, 0.25) is 0 Å². The number of fused-ring (bicyclic) bond motifs is 1. The molecule has 0 unspecified atom stereocenters. The van der Waals surface area contributed by atoms with Crippen molar-refractivity contribution in [3.05, 3.63) is 42.2 Å². The Labute approximate surface area is 139 Å². The van der Waals surface area contributed by atoms with Crippen molar-refractivity contribution >= 4 is 6.03 Å². The van der Waals surface area contributed by atoms with Crippen LogP contribution in [0.1, 0.15) is 31.4 Å². The fourth-order valence-electron chi connectivity index (χ4n) is 2.77. The summed E-state index contributed by atoms with van der Waals surface area (Å²) in [6, 6.07) is 3.82. The molecule has 2 aromatic rings. The fourth-order valence-corrected chi connectivity index (χ4v) is 2.77. The van der Waals surface area contributed by atoms with Crippen LogP contribution in [0.3, 0.4) is 0 Å². The molecular formula is C16H20FN5O2. The number of nitrogens with zero attached hydrogens (tertiary/aromatic N) is 3. The van der Waals surface area contributed by atoms with E-state index >= 15 is 0 Å². The van der Waals surface area contributed by atoms with Crippen LogP contribution in [0.4, 0.5) is 9.18 Å². The van der Waals surface area contributed by atoms with E-state index in [1.165, 1.54) is 18.5 Å². The molecule has 1 aromatic carbocycles. The first-order valence-electron chi connectivity index (χ1n) is 7.93. The number of carbonyl (C=O) groups is 1. The number of amides is 2. The van der Waals surface area contributed by atoms with Gasteiger partial charge in [-0.15, -0.1) is 0 Å². The molecule has 0 saturated carbocycles. The summed E-state index contributed by atoms with van der Waals surface area (Å²) in [4.78, 5) is 16.1. The van der Waals surface area contributed by atoms with Gasteiger partial charge in [-0.25, -0.2) is 14.2 Å².